The summed E-state index contributed by atoms with van der Waals surface area (Å²) >= 11 is 9.75. The van der Waals surface area contributed by atoms with Crippen molar-refractivity contribution in [1.82, 2.24) is 15.1 Å². The Morgan fingerprint density at radius 2 is 2.04 bits per heavy atom. The highest BCUT2D eigenvalue weighted by Crippen LogP contribution is 2.26. The molecule has 6 heteroatoms. The number of halogens is 2. The number of hydrogen-bond donors (Lipinski definition) is 1. The molecule has 0 aliphatic heterocycles. The van der Waals surface area contributed by atoms with Crippen molar-refractivity contribution in [2.45, 2.75) is 19.4 Å². The lowest BCUT2D eigenvalue weighted by Crippen LogP contribution is -2.27. The maximum Gasteiger partial charge on any atom is 0.227 e. The van der Waals surface area contributed by atoms with Gasteiger partial charge in [0, 0.05) is 12.7 Å². The molecular formula is C19H17BrClN3O. The summed E-state index contributed by atoms with van der Waals surface area (Å²) in [5, 5.41) is 7.74. The average molecular weight is 419 g/mol. The van der Waals surface area contributed by atoms with E-state index in [0.717, 1.165) is 21.3 Å². The van der Waals surface area contributed by atoms with Crippen LogP contribution in [0.1, 0.15) is 24.0 Å². The van der Waals surface area contributed by atoms with Crippen LogP contribution in [0.5, 0.6) is 0 Å². The molecule has 1 atom stereocenters. The number of amides is 1. The summed E-state index contributed by atoms with van der Waals surface area (Å²) in [6.07, 6.45) is 3.53. The first-order valence-corrected chi connectivity index (χ1v) is 9.03. The molecule has 0 saturated heterocycles. The second-order valence-corrected chi connectivity index (χ2v) is 7.06. The van der Waals surface area contributed by atoms with Crippen molar-refractivity contribution in [2.24, 2.45) is 0 Å². The van der Waals surface area contributed by atoms with Crippen LogP contribution in [0.4, 0.5) is 0 Å². The van der Waals surface area contributed by atoms with Crippen molar-refractivity contribution in [3.8, 4) is 5.69 Å². The van der Waals surface area contributed by atoms with Crippen LogP contribution in [0.2, 0.25) is 5.02 Å². The SMILES string of the molecule is CC(C(=O)NCc1ccccc1)c1ccc(-n2cc(Br)cn2)c(Cl)c1. The van der Waals surface area contributed by atoms with Gasteiger partial charge in [0.15, 0.2) is 0 Å². The number of rotatable bonds is 5. The van der Waals surface area contributed by atoms with E-state index in [0.29, 0.717) is 11.6 Å². The molecule has 0 spiro atoms. The predicted octanol–water partition coefficient (Wildman–Crippen LogP) is 4.71. The summed E-state index contributed by atoms with van der Waals surface area (Å²) in [7, 11) is 0. The molecule has 2 aromatic carbocycles. The van der Waals surface area contributed by atoms with Gasteiger partial charge in [-0.15, -0.1) is 0 Å². The summed E-state index contributed by atoms with van der Waals surface area (Å²) in [6.45, 7) is 2.38. The topological polar surface area (TPSA) is 46.9 Å². The molecule has 0 aliphatic carbocycles. The largest absolute Gasteiger partial charge is 0.352 e. The normalized spacial score (nSPS) is 12.0. The smallest absolute Gasteiger partial charge is 0.227 e. The molecule has 0 aliphatic rings. The van der Waals surface area contributed by atoms with Crippen LogP contribution in [0.25, 0.3) is 5.69 Å². The molecule has 0 bridgehead atoms. The van der Waals surface area contributed by atoms with Gasteiger partial charge in [0.05, 0.1) is 27.3 Å². The van der Waals surface area contributed by atoms with Crippen molar-refractivity contribution < 1.29 is 4.79 Å². The lowest BCUT2D eigenvalue weighted by molar-refractivity contribution is -0.122. The van der Waals surface area contributed by atoms with Gasteiger partial charge in [-0.2, -0.15) is 5.10 Å². The van der Waals surface area contributed by atoms with Gasteiger partial charge in [-0.05, 0) is 46.1 Å². The van der Waals surface area contributed by atoms with Crippen molar-refractivity contribution in [2.75, 3.05) is 0 Å². The summed E-state index contributed by atoms with van der Waals surface area (Å²) in [4.78, 5) is 12.4. The number of benzene rings is 2. The fourth-order valence-corrected chi connectivity index (χ4v) is 3.06. The third-order valence-corrected chi connectivity index (χ3v) is 4.68. The van der Waals surface area contributed by atoms with E-state index in [1.807, 2.05) is 61.7 Å². The first kappa shape index (κ1) is 17.7. The minimum atomic E-state index is -0.292. The van der Waals surface area contributed by atoms with Crippen molar-refractivity contribution >= 4 is 33.4 Å². The Morgan fingerprint density at radius 1 is 1.28 bits per heavy atom. The summed E-state index contributed by atoms with van der Waals surface area (Å²) in [6, 6.07) is 15.4. The monoisotopic (exact) mass is 417 g/mol. The molecular weight excluding hydrogens is 402 g/mol. The summed E-state index contributed by atoms with van der Waals surface area (Å²) < 4.78 is 2.57. The highest BCUT2D eigenvalue weighted by Gasteiger charge is 2.16. The number of nitrogens with zero attached hydrogens (tertiary/aromatic N) is 2. The van der Waals surface area contributed by atoms with Crippen LogP contribution >= 0.6 is 27.5 Å². The Hall–Kier alpha value is -2.11. The fourth-order valence-electron chi connectivity index (χ4n) is 2.50. The van der Waals surface area contributed by atoms with E-state index in [1.165, 1.54) is 0 Å². The van der Waals surface area contributed by atoms with Crippen molar-refractivity contribution in [3.63, 3.8) is 0 Å². The molecule has 128 valence electrons. The first-order valence-electron chi connectivity index (χ1n) is 7.86. The summed E-state index contributed by atoms with van der Waals surface area (Å²) in [5.74, 6) is -0.325. The molecule has 3 aromatic rings. The Labute approximate surface area is 159 Å². The van der Waals surface area contributed by atoms with Crippen LogP contribution < -0.4 is 5.32 Å². The van der Waals surface area contributed by atoms with Crippen LogP contribution in [0.15, 0.2) is 65.4 Å². The zero-order valence-corrected chi connectivity index (χ0v) is 16.0. The Kier molecular flexibility index (Phi) is 5.56. The third-order valence-electron chi connectivity index (χ3n) is 3.97. The standard InChI is InChI=1S/C19H17BrClN3O/c1-13(19(25)22-10-14-5-3-2-4-6-14)15-7-8-18(17(21)9-15)24-12-16(20)11-23-24/h2-9,11-13H,10H2,1H3,(H,22,25). The zero-order chi connectivity index (χ0) is 17.8. The lowest BCUT2D eigenvalue weighted by Gasteiger charge is -2.14. The van der Waals surface area contributed by atoms with Crippen LogP contribution in [0.3, 0.4) is 0 Å². The number of nitrogens with one attached hydrogen (secondary N) is 1. The Balaban J connectivity index is 1.70. The minimum Gasteiger partial charge on any atom is -0.352 e. The van der Waals surface area contributed by atoms with Gasteiger partial charge in [0.2, 0.25) is 5.91 Å². The molecule has 1 heterocycles. The van der Waals surface area contributed by atoms with Crippen molar-refractivity contribution in [3.05, 3.63) is 81.5 Å². The van der Waals surface area contributed by atoms with Crippen LogP contribution in [-0.4, -0.2) is 15.7 Å². The van der Waals surface area contributed by atoms with Gasteiger partial charge in [-0.25, -0.2) is 4.68 Å². The minimum absolute atomic E-state index is 0.0329. The van der Waals surface area contributed by atoms with E-state index in [1.54, 1.807) is 10.9 Å². The van der Waals surface area contributed by atoms with Gasteiger partial charge >= 0.3 is 0 Å². The van der Waals surface area contributed by atoms with E-state index >= 15 is 0 Å². The maximum atomic E-state index is 12.4. The molecule has 3 rings (SSSR count). The Morgan fingerprint density at radius 3 is 2.68 bits per heavy atom. The number of carbonyl (C=O) groups excluding carboxylic acids is 1. The van der Waals surface area contributed by atoms with E-state index in [9.17, 15) is 4.79 Å². The Bertz CT molecular complexity index is 879. The maximum absolute atomic E-state index is 12.4. The van der Waals surface area contributed by atoms with E-state index in [2.05, 4.69) is 26.3 Å². The second-order valence-electron chi connectivity index (χ2n) is 5.74. The molecule has 0 saturated carbocycles. The number of aromatic nitrogens is 2. The van der Waals surface area contributed by atoms with E-state index in [-0.39, 0.29) is 11.8 Å². The lowest BCUT2D eigenvalue weighted by atomic mass is 10.00. The molecule has 1 unspecified atom stereocenters. The van der Waals surface area contributed by atoms with Gasteiger partial charge in [0.25, 0.3) is 0 Å². The highest BCUT2D eigenvalue weighted by atomic mass is 79.9. The molecule has 1 aromatic heterocycles. The van der Waals surface area contributed by atoms with Gasteiger partial charge in [-0.1, -0.05) is 48.0 Å². The van der Waals surface area contributed by atoms with Gasteiger partial charge < -0.3 is 5.32 Å². The molecule has 1 N–H and O–H groups in total. The molecule has 0 radical (unpaired) electrons. The number of carbonyl (C=O) groups is 1. The zero-order valence-electron chi connectivity index (χ0n) is 13.6. The van der Waals surface area contributed by atoms with Crippen LogP contribution in [0, 0.1) is 0 Å². The molecule has 4 nitrogen and oxygen atoms in total. The summed E-state index contributed by atoms with van der Waals surface area (Å²) in [5.41, 5.74) is 2.71. The van der Waals surface area contributed by atoms with Gasteiger partial charge in [0.1, 0.15) is 0 Å². The van der Waals surface area contributed by atoms with E-state index < -0.39 is 0 Å². The van der Waals surface area contributed by atoms with E-state index in [4.69, 9.17) is 11.6 Å². The fraction of sp³-hybridized carbons (Fsp3) is 0.158. The molecule has 0 fully saturated rings. The number of hydrogen-bond acceptors (Lipinski definition) is 2. The van der Waals surface area contributed by atoms with Crippen LogP contribution in [-0.2, 0) is 11.3 Å². The third kappa shape index (κ3) is 4.30. The van der Waals surface area contributed by atoms with Gasteiger partial charge in [-0.3, -0.25) is 4.79 Å². The van der Waals surface area contributed by atoms with Crippen molar-refractivity contribution in [1.29, 1.82) is 0 Å². The average Bonchev–Trinajstić information content (AvgIpc) is 3.06. The quantitative estimate of drug-likeness (QED) is 0.652. The second kappa shape index (κ2) is 7.85. The molecule has 25 heavy (non-hydrogen) atoms. The first-order chi connectivity index (χ1) is 12.0. The molecule has 1 amide bonds. The highest BCUT2D eigenvalue weighted by molar-refractivity contribution is 9.10. The predicted molar refractivity (Wildman–Crippen MR) is 103 cm³/mol.